The van der Waals surface area contributed by atoms with E-state index in [0.717, 1.165) is 17.2 Å². The Morgan fingerprint density at radius 2 is 1.90 bits per heavy atom. The van der Waals surface area contributed by atoms with Gasteiger partial charge in [0.15, 0.2) is 5.96 Å². The first-order chi connectivity index (χ1) is 14.9. The molecule has 3 rings (SSSR count). The number of nitrogens with two attached hydrogens (primary N) is 1. The zero-order chi connectivity index (χ0) is 22.8. The van der Waals surface area contributed by atoms with E-state index < -0.39 is 0 Å². The van der Waals surface area contributed by atoms with Crippen LogP contribution in [0.15, 0.2) is 78.2 Å². The molecule has 2 aromatic rings. The molecule has 0 saturated heterocycles. The van der Waals surface area contributed by atoms with Crippen molar-refractivity contribution in [1.82, 2.24) is 14.9 Å². The molecule has 1 unspecified atom stereocenters. The summed E-state index contributed by atoms with van der Waals surface area (Å²) in [7, 11) is 5.36. The molecule has 31 heavy (non-hydrogen) atoms. The molecule has 0 aliphatic heterocycles. The molecule has 1 aromatic heterocycles. The molecule has 0 spiro atoms. The lowest BCUT2D eigenvalue weighted by atomic mass is 9.89. The van der Waals surface area contributed by atoms with E-state index in [2.05, 4.69) is 64.9 Å². The van der Waals surface area contributed by atoms with Crippen LogP contribution in [0.5, 0.6) is 0 Å². The molecule has 1 aliphatic carbocycles. The van der Waals surface area contributed by atoms with Gasteiger partial charge in [-0.25, -0.2) is 0 Å². The third kappa shape index (κ3) is 7.21. The SMILES string of the molecule is C=CC(/C(C)=C/C(=C\C)c1cnccn1)c1ccc(C2CC2)cc1.CN=C(N)N(C)C. The second-order valence-corrected chi connectivity index (χ2v) is 7.85. The molecule has 0 amide bonds. The van der Waals surface area contributed by atoms with Gasteiger partial charge in [0.05, 0.1) is 11.9 Å². The standard InChI is InChI=1S/C22H24N2.C4H11N3/c1-4-17(22-15-23-12-13-24-22)14-16(3)21(5-2)20-10-8-19(9-11-20)18-6-7-18;1-6-4(5)7(2)3/h4-5,8-15,18,21H,2,6-7H2,1,3H3;1-3H3,(H2,5,6)/b16-14+,17-4+;. The maximum absolute atomic E-state index is 5.29. The van der Waals surface area contributed by atoms with Crippen LogP contribution in [0, 0.1) is 0 Å². The van der Waals surface area contributed by atoms with E-state index in [4.69, 9.17) is 5.73 Å². The summed E-state index contributed by atoms with van der Waals surface area (Å²) >= 11 is 0. The van der Waals surface area contributed by atoms with Crippen molar-refractivity contribution < 1.29 is 0 Å². The Hall–Kier alpha value is -3.21. The lowest BCUT2D eigenvalue weighted by Gasteiger charge is -2.15. The molecule has 1 aromatic carbocycles. The van der Waals surface area contributed by atoms with E-state index in [-0.39, 0.29) is 5.92 Å². The van der Waals surface area contributed by atoms with Crippen LogP contribution in [-0.2, 0) is 0 Å². The molecule has 1 saturated carbocycles. The summed E-state index contributed by atoms with van der Waals surface area (Å²) in [5, 5.41) is 0. The Bertz CT molecular complexity index is 920. The van der Waals surface area contributed by atoms with E-state index in [0.29, 0.717) is 5.96 Å². The van der Waals surface area contributed by atoms with Crippen LogP contribution >= 0.6 is 0 Å². The zero-order valence-electron chi connectivity index (χ0n) is 19.4. The van der Waals surface area contributed by atoms with Crippen LogP contribution in [0.4, 0.5) is 0 Å². The average Bonchev–Trinajstić information content (AvgIpc) is 3.64. The minimum atomic E-state index is 0.213. The third-order valence-electron chi connectivity index (χ3n) is 5.31. The molecular formula is C26H35N5. The average molecular weight is 418 g/mol. The van der Waals surface area contributed by atoms with Gasteiger partial charge >= 0.3 is 0 Å². The summed E-state index contributed by atoms with van der Waals surface area (Å²) in [6, 6.07) is 9.04. The van der Waals surface area contributed by atoms with E-state index >= 15 is 0 Å². The Kier molecular flexibility index (Phi) is 9.19. The number of allylic oxidation sites excluding steroid dienone is 5. The maximum Gasteiger partial charge on any atom is 0.190 e. The second-order valence-electron chi connectivity index (χ2n) is 7.85. The molecule has 164 valence electrons. The quantitative estimate of drug-likeness (QED) is 0.305. The van der Waals surface area contributed by atoms with E-state index in [1.807, 2.05) is 27.1 Å². The molecule has 1 aliphatic rings. The molecule has 0 radical (unpaired) electrons. The van der Waals surface area contributed by atoms with E-state index in [1.165, 1.54) is 29.5 Å². The van der Waals surface area contributed by atoms with Gasteiger partial charge in [-0.3, -0.25) is 15.0 Å². The molecule has 0 bridgehead atoms. The highest BCUT2D eigenvalue weighted by Gasteiger charge is 2.23. The fourth-order valence-electron chi connectivity index (χ4n) is 3.27. The summed E-state index contributed by atoms with van der Waals surface area (Å²) in [4.78, 5) is 14.0. The van der Waals surface area contributed by atoms with Crippen molar-refractivity contribution >= 4 is 11.5 Å². The maximum atomic E-state index is 5.29. The van der Waals surface area contributed by atoms with Crippen LogP contribution in [0.3, 0.4) is 0 Å². The van der Waals surface area contributed by atoms with Crippen LogP contribution in [0.25, 0.3) is 5.57 Å². The number of hydrogen-bond donors (Lipinski definition) is 1. The number of aliphatic imine (C=N–C) groups is 1. The highest BCUT2D eigenvalue weighted by Crippen LogP contribution is 2.40. The van der Waals surface area contributed by atoms with E-state index in [1.54, 1.807) is 30.5 Å². The Balaban J connectivity index is 0.000000423. The molecule has 1 heterocycles. The van der Waals surface area contributed by atoms with Crippen LogP contribution in [0.2, 0.25) is 0 Å². The molecule has 2 N–H and O–H groups in total. The van der Waals surface area contributed by atoms with Gasteiger partial charge in [0.2, 0.25) is 0 Å². The van der Waals surface area contributed by atoms with Crippen molar-refractivity contribution in [3.63, 3.8) is 0 Å². The van der Waals surface area contributed by atoms with Gasteiger partial charge in [0, 0.05) is 39.5 Å². The summed E-state index contributed by atoms with van der Waals surface area (Å²) in [5.41, 5.74) is 11.3. The van der Waals surface area contributed by atoms with Gasteiger partial charge in [0.25, 0.3) is 0 Å². The molecule has 1 fully saturated rings. The van der Waals surface area contributed by atoms with Gasteiger partial charge in [-0.05, 0) is 49.3 Å². The minimum absolute atomic E-state index is 0.213. The largest absolute Gasteiger partial charge is 0.370 e. The van der Waals surface area contributed by atoms with Gasteiger partial charge in [-0.2, -0.15) is 0 Å². The first kappa shape index (κ1) is 24.1. The van der Waals surface area contributed by atoms with Crippen molar-refractivity contribution in [3.8, 4) is 0 Å². The van der Waals surface area contributed by atoms with E-state index in [9.17, 15) is 0 Å². The monoisotopic (exact) mass is 417 g/mol. The highest BCUT2D eigenvalue weighted by atomic mass is 15.2. The predicted octanol–water partition coefficient (Wildman–Crippen LogP) is 5.17. The van der Waals surface area contributed by atoms with Crippen LogP contribution in [0.1, 0.15) is 55.3 Å². The van der Waals surface area contributed by atoms with Crippen molar-refractivity contribution in [2.24, 2.45) is 10.7 Å². The number of hydrogen-bond acceptors (Lipinski definition) is 3. The van der Waals surface area contributed by atoms with Crippen LogP contribution < -0.4 is 5.73 Å². The Labute approximate surface area is 187 Å². The second kappa shape index (κ2) is 11.8. The van der Waals surface area contributed by atoms with Gasteiger partial charge in [0.1, 0.15) is 0 Å². The lowest BCUT2D eigenvalue weighted by Crippen LogP contribution is -2.29. The number of guanidine groups is 1. The number of rotatable bonds is 6. The van der Waals surface area contributed by atoms with Gasteiger partial charge in [-0.15, -0.1) is 6.58 Å². The molecule has 5 heteroatoms. The van der Waals surface area contributed by atoms with Gasteiger partial charge < -0.3 is 10.6 Å². The summed E-state index contributed by atoms with van der Waals surface area (Å²) in [6.45, 7) is 8.23. The van der Waals surface area contributed by atoms with Crippen LogP contribution in [-0.4, -0.2) is 42.0 Å². The minimum Gasteiger partial charge on any atom is -0.370 e. The van der Waals surface area contributed by atoms with Gasteiger partial charge in [-0.1, -0.05) is 48.1 Å². The van der Waals surface area contributed by atoms with Crippen molar-refractivity contribution in [2.75, 3.05) is 21.1 Å². The number of aromatic nitrogens is 2. The zero-order valence-corrected chi connectivity index (χ0v) is 19.4. The molecular weight excluding hydrogens is 382 g/mol. The van der Waals surface area contributed by atoms with Crippen molar-refractivity contribution in [1.29, 1.82) is 0 Å². The highest BCUT2D eigenvalue weighted by molar-refractivity contribution is 5.77. The Morgan fingerprint density at radius 3 is 2.32 bits per heavy atom. The smallest absolute Gasteiger partial charge is 0.190 e. The Morgan fingerprint density at radius 1 is 1.23 bits per heavy atom. The lowest BCUT2D eigenvalue weighted by molar-refractivity contribution is 0.613. The fraction of sp³-hybridized carbons (Fsp3) is 0.346. The summed E-state index contributed by atoms with van der Waals surface area (Å²) in [5.74, 6) is 1.56. The first-order valence-corrected chi connectivity index (χ1v) is 10.6. The van der Waals surface area contributed by atoms with Crippen molar-refractivity contribution in [3.05, 3.63) is 90.1 Å². The summed E-state index contributed by atoms with van der Waals surface area (Å²) in [6.07, 6.45) is 14.2. The first-order valence-electron chi connectivity index (χ1n) is 10.6. The summed E-state index contributed by atoms with van der Waals surface area (Å²) < 4.78 is 0. The number of nitrogens with zero attached hydrogens (tertiary/aromatic N) is 4. The number of benzene rings is 1. The fourth-order valence-corrected chi connectivity index (χ4v) is 3.27. The molecule has 1 atom stereocenters. The topological polar surface area (TPSA) is 67.4 Å². The predicted molar refractivity (Wildman–Crippen MR) is 132 cm³/mol. The van der Waals surface area contributed by atoms with Crippen molar-refractivity contribution in [2.45, 2.75) is 38.5 Å². The molecule has 5 nitrogen and oxygen atoms in total. The normalized spacial score (nSPS) is 15.6. The third-order valence-corrected chi connectivity index (χ3v) is 5.31.